The van der Waals surface area contributed by atoms with E-state index in [0.29, 0.717) is 23.7 Å². The number of carbonyl (C=O) groups is 1. The Bertz CT molecular complexity index is 562. The molecule has 0 fully saturated rings. The minimum atomic E-state index is -0.0184. The highest BCUT2D eigenvalue weighted by atomic mass is 16.5. The van der Waals surface area contributed by atoms with Crippen molar-refractivity contribution in [2.75, 3.05) is 0 Å². The van der Waals surface area contributed by atoms with Crippen molar-refractivity contribution >= 4 is 6.29 Å². The van der Waals surface area contributed by atoms with E-state index in [1.165, 1.54) is 0 Å². The van der Waals surface area contributed by atoms with E-state index in [-0.39, 0.29) is 6.10 Å². The summed E-state index contributed by atoms with van der Waals surface area (Å²) in [6.45, 7) is 4.28. The average molecular weight is 270 g/mol. The maximum absolute atomic E-state index is 11.1. The lowest BCUT2D eigenvalue weighted by Gasteiger charge is -2.16. The lowest BCUT2D eigenvalue weighted by atomic mass is 10.2. The maximum Gasteiger partial charge on any atom is 0.172 e. The predicted molar refractivity (Wildman–Crippen MR) is 78.4 cm³/mol. The van der Waals surface area contributed by atoms with Crippen LogP contribution in [0.15, 0.2) is 48.5 Å². The molecular formula is C17H18O3. The summed E-state index contributed by atoms with van der Waals surface area (Å²) in [5.74, 6) is 1.10. The van der Waals surface area contributed by atoms with Gasteiger partial charge in [-0.1, -0.05) is 36.4 Å². The van der Waals surface area contributed by atoms with Gasteiger partial charge in [-0.05, 0) is 31.5 Å². The van der Waals surface area contributed by atoms with Crippen molar-refractivity contribution in [2.45, 2.75) is 26.6 Å². The molecule has 0 N–H and O–H groups in total. The Morgan fingerprint density at radius 3 is 2.45 bits per heavy atom. The van der Waals surface area contributed by atoms with Crippen molar-refractivity contribution in [3.05, 3.63) is 59.7 Å². The Hall–Kier alpha value is -2.29. The van der Waals surface area contributed by atoms with Gasteiger partial charge in [-0.3, -0.25) is 4.79 Å². The van der Waals surface area contributed by atoms with Crippen LogP contribution in [0.5, 0.6) is 11.5 Å². The molecule has 3 nitrogen and oxygen atoms in total. The molecule has 2 aromatic carbocycles. The largest absolute Gasteiger partial charge is 0.486 e. The molecule has 2 rings (SSSR count). The van der Waals surface area contributed by atoms with Gasteiger partial charge in [-0.25, -0.2) is 0 Å². The van der Waals surface area contributed by atoms with Gasteiger partial charge < -0.3 is 9.47 Å². The van der Waals surface area contributed by atoms with Gasteiger partial charge in [-0.2, -0.15) is 0 Å². The summed E-state index contributed by atoms with van der Waals surface area (Å²) in [6.07, 6.45) is 0.766. The minimum absolute atomic E-state index is 0.0184. The third kappa shape index (κ3) is 3.60. The molecule has 20 heavy (non-hydrogen) atoms. The van der Waals surface area contributed by atoms with Crippen molar-refractivity contribution in [3.63, 3.8) is 0 Å². The van der Waals surface area contributed by atoms with Crippen molar-refractivity contribution in [2.24, 2.45) is 0 Å². The number of rotatable bonds is 6. The summed E-state index contributed by atoms with van der Waals surface area (Å²) in [7, 11) is 0. The lowest BCUT2D eigenvalue weighted by molar-refractivity contribution is 0.111. The third-order valence-electron chi connectivity index (χ3n) is 2.73. The molecule has 0 atom stereocenters. The summed E-state index contributed by atoms with van der Waals surface area (Å²) in [6, 6.07) is 15.2. The van der Waals surface area contributed by atoms with E-state index >= 15 is 0 Å². The van der Waals surface area contributed by atoms with Crippen LogP contribution in [-0.4, -0.2) is 12.4 Å². The molecule has 0 aliphatic heterocycles. The van der Waals surface area contributed by atoms with Crippen LogP contribution in [0.2, 0.25) is 0 Å². The second kappa shape index (κ2) is 6.75. The first-order valence-electron chi connectivity index (χ1n) is 6.62. The van der Waals surface area contributed by atoms with E-state index in [1.807, 2.05) is 50.2 Å². The number of ether oxygens (including phenoxy) is 2. The standard InChI is InChI=1S/C17H18O3/c1-13(2)20-17-15(11-18)9-6-10-16(17)19-12-14-7-4-3-5-8-14/h3-11,13H,12H2,1-2H3. The molecule has 0 heterocycles. The van der Waals surface area contributed by atoms with Crippen LogP contribution >= 0.6 is 0 Å². The number of hydrogen-bond acceptors (Lipinski definition) is 3. The van der Waals surface area contributed by atoms with Crippen molar-refractivity contribution in [1.29, 1.82) is 0 Å². The van der Waals surface area contributed by atoms with Crippen LogP contribution in [0.3, 0.4) is 0 Å². The highest BCUT2D eigenvalue weighted by Crippen LogP contribution is 2.31. The quantitative estimate of drug-likeness (QED) is 0.748. The normalized spacial score (nSPS) is 10.3. The van der Waals surface area contributed by atoms with Gasteiger partial charge in [-0.15, -0.1) is 0 Å². The molecule has 0 amide bonds. The molecule has 104 valence electrons. The van der Waals surface area contributed by atoms with Gasteiger partial charge in [0.2, 0.25) is 0 Å². The van der Waals surface area contributed by atoms with Crippen molar-refractivity contribution in [3.8, 4) is 11.5 Å². The van der Waals surface area contributed by atoms with Gasteiger partial charge in [0.1, 0.15) is 6.61 Å². The van der Waals surface area contributed by atoms with E-state index in [1.54, 1.807) is 12.1 Å². The first kappa shape index (κ1) is 14.1. The number of benzene rings is 2. The van der Waals surface area contributed by atoms with Crippen LogP contribution in [0, 0.1) is 0 Å². The Balaban J connectivity index is 2.20. The lowest BCUT2D eigenvalue weighted by Crippen LogP contribution is -2.09. The molecule has 0 unspecified atom stereocenters. The highest BCUT2D eigenvalue weighted by Gasteiger charge is 2.12. The summed E-state index contributed by atoms with van der Waals surface area (Å²) >= 11 is 0. The van der Waals surface area contributed by atoms with Crippen LogP contribution in [0.25, 0.3) is 0 Å². The molecule has 0 bridgehead atoms. The van der Waals surface area contributed by atoms with Crippen LogP contribution in [0.1, 0.15) is 29.8 Å². The summed E-state index contributed by atoms with van der Waals surface area (Å²) < 4.78 is 11.5. The number of carbonyl (C=O) groups excluding carboxylic acids is 1. The zero-order chi connectivity index (χ0) is 14.4. The van der Waals surface area contributed by atoms with Gasteiger partial charge in [0.15, 0.2) is 17.8 Å². The van der Waals surface area contributed by atoms with E-state index in [2.05, 4.69) is 0 Å². The molecule has 0 aromatic heterocycles. The average Bonchev–Trinajstić information content (AvgIpc) is 2.46. The highest BCUT2D eigenvalue weighted by molar-refractivity contribution is 5.81. The van der Waals surface area contributed by atoms with Crippen LogP contribution in [0.4, 0.5) is 0 Å². The predicted octanol–water partition coefficient (Wildman–Crippen LogP) is 3.87. The summed E-state index contributed by atoms with van der Waals surface area (Å²) in [5, 5.41) is 0. The van der Waals surface area contributed by atoms with E-state index in [9.17, 15) is 4.79 Å². The molecule has 0 aliphatic carbocycles. The molecule has 0 radical (unpaired) electrons. The van der Waals surface area contributed by atoms with Gasteiger partial charge >= 0.3 is 0 Å². The van der Waals surface area contributed by atoms with Gasteiger partial charge in [0, 0.05) is 0 Å². The summed E-state index contributed by atoms with van der Waals surface area (Å²) in [4.78, 5) is 11.1. The Morgan fingerprint density at radius 2 is 1.80 bits per heavy atom. The zero-order valence-corrected chi connectivity index (χ0v) is 11.7. The number of para-hydroxylation sites is 1. The second-order valence-corrected chi connectivity index (χ2v) is 4.73. The van der Waals surface area contributed by atoms with Crippen molar-refractivity contribution < 1.29 is 14.3 Å². The van der Waals surface area contributed by atoms with Gasteiger partial charge in [0.25, 0.3) is 0 Å². The van der Waals surface area contributed by atoms with Crippen LogP contribution in [-0.2, 0) is 6.61 Å². The Labute approximate surface area is 119 Å². The van der Waals surface area contributed by atoms with Gasteiger partial charge in [0.05, 0.1) is 11.7 Å². The SMILES string of the molecule is CC(C)Oc1c(C=O)cccc1OCc1ccccc1. The molecule has 0 saturated carbocycles. The fourth-order valence-corrected chi connectivity index (χ4v) is 1.84. The van der Waals surface area contributed by atoms with E-state index < -0.39 is 0 Å². The fourth-order valence-electron chi connectivity index (χ4n) is 1.84. The van der Waals surface area contributed by atoms with Crippen molar-refractivity contribution in [1.82, 2.24) is 0 Å². The zero-order valence-electron chi connectivity index (χ0n) is 11.7. The number of hydrogen-bond donors (Lipinski definition) is 0. The maximum atomic E-state index is 11.1. The number of aldehydes is 1. The molecule has 0 saturated heterocycles. The molecule has 0 spiro atoms. The second-order valence-electron chi connectivity index (χ2n) is 4.73. The van der Waals surface area contributed by atoms with E-state index in [4.69, 9.17) is 9.47 Å². The first-order valence-corrected chi connectivity index (χ1v) is 6.62. The first-order chi connectivity index (χ1) is 9.70. The Morgan fingerprint density at radius 1 is 1.05 bits per heavy atom. The topological polar surface area (TPSA) is 35.5 Å². The molecule has 3 heteroatoms. The fraction of sp³-hybridized carbons (Fsp3) is 0.235. The molecular weight excluding hydrogens is 252 g/mol. The third-order valence-corrected chi connectivity index (χ3v) is 2.73. The molecule has 0 aliphatic rings. The smallest absolute Gasteiger partial charge is 0.172 e. The Kier molecular flexibility index (Phi) is 4.77. The van der Waals surface area contributed by atoms with Crippen LogP contribution < -0.4 is 9.47 Å². The minimum Gasteiger partial charge on any atom is -0.486 e. The summed E-state index contributed by atoms with van der Waals surface area (Å²) in [5.41, 5.74) is 1.57. The molecule has 2 aromatic rings. The monoisotopic (exact) mass is 270 g/mol. The van der Waals surface area contributed by atoms with E-state index in [0.717, 1.165) is 11.8 Å².